The van der Waals surface area contributed by atoms with Gasteiger partial charge in [0.2, 0.25) is 0 Å². The fourth-order valence-electron chi connectivity index (χ4n) is 2.53. The molecule has 0 saturated carbocycles. The predicted molar refractivity (Wildman–Crippen MR) is 100 cm³/mol. The van der Waals surface area contributed by atoms with E-state index in [1.807, 2.05) is 12.3 Å². The lowest BCUT2D eigenvalue weighted by Crippen LogP contribution is -2.22. The molecule has 11 heteroatoms. The zero-order valence-corrected chi connectivity index (χ0v) is 15.9. The molecule has 3 aromatic heterocycles. The number of amides is 1. The van der Waals surface area contributed by atoms with Crippen LogP contribution < -0.4 is 5.32 Å². The number of H-pyrrole nitrogens is 1. The molecule has 27 heavy (non-hydrogen) atoms. The van der Waals surface area contributed by atoms with Crippen LogP contribution in [0.3, 0.4) is 0 Å². The quantitative estimate of drug-likeness (QED) is 0.539. The van der Waals surface area contributed by atoms with Crippen molar-refractivity contribution >= 4 is 39.8 Å². The van der Waals surface area contributed by atoms with Gasteiger partial charge in [-0.3, -0.25) is 5.10 Å². The van der Waals surface area contributed by atoms with Gasteiger partial charge in [0, 0.05) is 10.9 Å². The lowest BCUT2D eigenvalue weighted by Gasteiger charge is -1.99. The smallest absolute Gasteiger partial charge is 0.407 e. The summed E-state index contributed by atoms with van der Waals surface area (Å²) in [6, 6.07) is 3.16. The van der Waals surface area contributed by atoms with Crippen molar-refractivity contribution in [1.29, 1.82) is 0 Å². The Hall–Kier alpha value is -2.92. The lowest BCUT2D eigenvalue weighted by atomic mass is 10.2. The second-order valence-electron chi connectivity index (χ2n) is 5.57. The van der Waals surface area contributed by atoms with Crippen LogP contribution in [0.2, 0.25) is 0 Å². The number of rotatable bonds is 4. The van der Waals surface area contributed by atoms with Crippen LogP contribution in [-0.2, 0) is 11.3 Å². The molecule has 0 aliphatic heterocycles. The Balaban J connectivity index is 1.62. The topological polar surface area (TPSA) is 106 Å². The Morgan fingerprint density at radius 2 is 2.22 bits per heavy atom. The minimum absolute atomic E-state index is 0.275. The van der Waals surface area contributed by atoms with Gasteiger partial charge >= 0.3 is 6.09 Å². The summed E-state index contributed by atoms with van der Waals surface area (Å²) in [5.74, 6) is -0.422. The monoisotopic (exact) mass is 404 g/mol. The molecule has 1 amide bonds. The van der Waals surface area contributed by atoms with Crippen molar-refractivity contribution in [3.63, 3.8) is 0 Å². The standard InChI is InChI=1S/C16H13FN6O2S2/c1-7-14(27-12(19-7)5-18-16(24)25-2)11-6-26-15(20-11)8-3-9(17)13-10(4-8)21-23-22-13/h3-4,6H,5H2,1-2H3,(H,18,24)(H,21,22,23). The molecule has 1 aromatic carbocycles. The molecule has 0 bridgehead atoms. The fourth-order valence-corrected chi connectivity index (χ4v) is 4.37. The van der Waals surface area contributed by atoms with Crippen molar-refractivity contribution in [2.45, 2.75) is 13.5 Å². The average molecular weight is 404 g/mol. The average Bonchev–Trinajstić information content (AvgIpc) is 3.38. The number of aromatic nitrogens is 5. The summed E-state index contributed by atoms with van der Waals surface area (Å²) in [6.45, 7) is 2.16. The van der Waals surface area contributed by atoms with Crippen molar-refractivity contribution in [2.75, 3.05) is 7.11 Å². The zero-order valence-electron chi connectivity index (χ0n) is 14.2. The van der Waals surface area contributed by atoms with Gasteiger partial charge in [0.1, 0.15) is 21.0 Å². The second-order valence-corrected chi connectivity index (χ2v) is 7.51. The zero-order chi connectivity index (χ0) is 19.0. The molecule has 0 aliphatic rings. The van der Waals surface area contributed by atoms with Crippen LogP contribution in [0.4, 0.5) is 9.18 Å². The SMILES string of the molecule is COC(=O)NCc1nc(C)c(-c2csc(-c3cc(F)c4[nH]nnc4c3)n2)s1. The summed E-state index contributed by atoms with van der Waals surface area (Å²) >= 11 is 2.85. The molecular formula is C16H13FN6O2S2. The third-order valence-corrected chi connectivity index (χ3v) is 5.85. The van der Waals surface area contributed by atoms with Gasteiger partial charge in [-0.1, -0.05) is 5.21 Å². The third kappa shape index (κ3) is 3.38. The van der Waals surface area contributed by atoms with Crippen molar-refractivity contribution in [3.8, 4) is 21.1 Å². The summed E-state index contributed by atoms with van der Waals surface area (Å²) in [5.41, 5.74) is 2.94. The number of carbonyl (C=O) groups is 1. The number of benzene rings is 1. The first kappa shape index (κ1) is 17.5. The first-order valence-corrected chi connectivity index (χ1v) is 9.49. The van der Waals surface area contributed by atoms with E-state index in [4.69, 9.17) is 0 Å². The molecule has 4 rings (SSSR count). The normalized spacial score (nSPS) is 11.1. The van der Waals surface area contributed by atoms with Crippen LogP contribution in [0, 0.1) is 12.7 Å². The van der Waals surface area contributed by atoms with Gasteiger partial charge in [-0.15, -0.1) is 27.8 Å². The van der Waals surface area contributed by atoms with Gasteiger partial charge in [-0.2, -0.15) is 0 Å². The minimum atomic E-state index is -0.509. The number of aromatic amines is 1. The summed E-state index contributed by atoms with van der Waals surface area (Å²) in [4.78, 5) is 21.2. The van der Waals surface area contributed by atoms with Gasteiger partial charge in [0.05, 0.1) is 29.9 Å². The van der Waals surface area contributed by atoms with E-state index in [-0.39, 0.29) is 12.1 Å². The highest BCUT2D eigenvalue weighted by Gasteiger charge is 2.16. The molecule has 0 saturated heterocycles. The Labute approximate surface area is 160 Å². The Morgan fingerprint density at radius 3 is 3.04 bits per heavy atom. The minimum Gasteiger partial charge on any atom is -0.453 e. The second kappa shape index (κ2) is 7.00. The van der Waals surface area contributed by atoms with E-state index in [0.29, 0.717) is 16.1 Å². The molecular weight excluding hydrogens is 391 g/mol. The number of fused-ring (bicyclic) bond motifs is 1. The molecule has 4 aromatic rings. The highest BCUT2D eigenvalue weighted by atomic mass is 32.1. The van der Waals surface area contributed by atoms with Crippen molar-refractivity contribution in [3.05, 3.63) is 34.0 Å². The highest BCUT2D eigenvalue weighted by Crippen LogP contribution is 2.35. The maximum absolute atomic E-state index is 14.2. The van der Waals surface area contributed by atoms with Crippen molar-refractivity contribution < 1.29 is 13.9 Å². The Bertz CT molecular complexity index is 1140. The van der Waals surface area contributed by atoms with Gasteiger partial charge in [0.15, 0.2) is 5.82 Å². The Morgan fingerprint density at radius 1 is 1.37 bits per heavy atom. The van der Waals surface area contributed by atoms with Gasteiger partial charge in [-0.25, -0.2) is 19.2 Å². The number of ether oxygens (including phenoxy) is 1. The maximum atomic E-state index is 14.2. The number of hydrogen-bond acceptors (Lipinski definition) is 8. The number of nitrogens with one attached hydrogen (secondary N) is 2. The van der Waals surface area contributed by atoms with E-state index in [9.17, 15) is 9.18 Å². The van der Waals surface area contributed by atoms with Crippen molar-refractivity contribution in [1.82, 2.24) is 30.7 Å². The number of aryl methyl sites for hydroxylation is 1. The van der Waals surface area contributed by atoms with E-state index in [1.165, 1.54) is 35.8 Å². The van der Waals surface area contributed by atoms with Crippen LogP contribution in [0.1, 0.15) is 10.7 Å². The fraction of sp³-hybridized carbons (Fsp3) is 0.188. The summed E-state index contributed by atoms with van der Waals surface area (Å²) in [5, 5.41) is 16.0. The van der Waals surface area contributed by atoms with Crippen LogP contribution in [-0.4, -0.2) is 38.6 Å². The van der Waals surface area contributed by atoms with E-state index < -0.39 is 11.9 Å². The van der Waals surface area contributed by atoms with Gasteiger partial charge < -0.3 is 10.1 Å². The van der Waals surface area contributed by atoms with Crippen LogP contribution in [0.25, 0.3) is 32.2 Å². The molecule has 8 nitrogen and oxygen atoms in total. The maximum Gasteiger partial charge on any atom is 0.407 e. The van der Waals surface area contributed by atoms with E-state index in [1.54, 1.807) is 6.07 Å². The number of halogens is 1. The third-order valence-electron chi connectivity index (χ3n) is 3.78. The van der Waals surface area contributed by atoms with E-state index in [2.05, 4.69) is 35.4 Å². The summed E-state index contributed by atoms with van der Waals surface area (Å²) in [6.07, 6.45) is -0.509. The molecule has 0 unspecified atom stereocenters. The number of thiazole rings is 2. The molecule has 138 valence electrons. The molecule has 0 aliphatic carbocycles. The number of methoxy groups -OCH3 is 1. The van der Waals surface area contributed by atoms with Gasteiger partial charge in [-0.05, 0) is 19.1 Å². The number of alkyl carbamates (subject to hydrolysis) is 1. The number of nitrogens with zero attached hydrogens (tertiary/aromatic N) is 4. The highest BCUT2D eigenvalue weighted by molar-refractivity contribution is 7.16. The summed E-state index contributed by atoms with van der Waals surface area (Å²) in [7, 11) is 1.31. The molecule has 0 spiro atoms. The molecule has 0 fully saturated rings. The van der Waals surface area contributed by atoms with Crippen LogP contribution >= 0.6 is 22.7 Å². The van der Waals surface area contributed by atoms with Crippen LogP contribution in [0.5, 0.6) is 0 Å². The molecule has 0 radical (unpaired) electrons. The molecule has 0 atom stereocenters. The first-order valence-electron chi connectivity index (χ1n) is 7.80. The van der Waals surface area contributed by atoms with E-state index >= 15 is 0 Å². The number of carbonyl (C=O) groups excluding carboxylic acids is 1. The van der Waals surface area contributed by atoms with Crippen molar-refractivity contribution in [2.24, 2.45) is 0 Å². The Kier molecular flexibility index (Phi) is 4.54. The van der Waals surface area contributed by atoms with E-state index in [0.717, 1.165) is 21.3 Å². The molecule has 2 N–H and O–H groups in total. The largest absolute Gasteiger partial charge is 0.453 e. The lowest BCUT2D eigenvalue weighted by molar-refractivity contribution is 0.170. The molecule has 3 heterocycles. The predicted octanol–water partition coefficient (Wildman–Crippen LogP) is 3.51. The van der Waals surface area contributed by atoms with Crippen LogP contribution in [0.15, 0.2) is 17.5 Å². The number of hydrogen-bond donors (Lipinski definition) is 2. The van der Waals surface area contributed by atoms with Gasteiger partial charge in [0.25, 0.3) is 0 Å². The first-order chi connectivity index (χ1) is 13.0. The summed E-state index contributed by atoms with van der Waals surface area (Å²) < 4.78 is 18.7.